The summed E-state index contributed by atoms with van der Waals surface area (Å²) in [7, 11) is 0. The number of halogens is 1. The highest BCUT2D eigenvalue weighted by molar-refractivity contribution is 5.87. The van der Waals surface area contributed by atoms with Gasteiger partial charge in [-0.25, -0.2) is 4.39 Å². The normalized spacial score (nSPS) is 10.7. The molecule has 0 saturated heterocycles. The molecule has 0 spiro atoms. The van der Waals surface area contributed by atoms with Crippen LogP contribution in [0.25, 0.3) is 11.1 Å². The molecular weight excluding hydrogens is 239 g/mol. The highest BCUT2D eigenvalue weighted by atomic mass is 19.1. The average Bonchev–Trinajstić information content (AvgIpc) is 2.39. The van der Waals surface area contributed by atoms with E-state index in [4.69, 9.17) is 0 Å². The van der Waals surface area contributed by atoms with Gasteiger partial charge in [-0.1, -0.05) is 38.1 Å². The van der Waals surface area contributed by atoms with Crippen molar-refractivity contribution in [1.82, 2.24) is 0 Å². The maximum Gasteiger partial charge on any atom is 0.150 e. The molecule has 2 heteroatoms. The van der Waals surface area contributed by atoms with Crippen LogP contribution in [0.15, 0.2) is 42.5 Å². The van der Waals surface area contributed by atoms with Gasteiger partial charge < -0.3 is 0 Å². The van der Waals surface area contributed by atoms with Crippen molar-refractivity contribution in [2.75, 3.05) is 0 Å². The molecule has 0 fully saturated rings. The Balaban J connectivity index is 2.36. The largest absolute Gasteiger partial charge is 0.298 e. The second-order valence-electron chi connectivity index (χ2n) is 5.14. The second-order valence-corrected chi connectivity index (χ2v) is 5.14. The molecule has 0 amide bonds. The minimum atomic E-state index is -0.327. The summed E-state index contributed by atoms with van der Waals surface area (Å²) in [6.07, 6.45) is 1.78. The molecule has 0 unspecified atom stereocenters. The summed E-state index contributed by atoms with van der Waals surface area (Å²) in [5.74, 6) is 0.275. The molecule has 0 aliphatic heterocycles. The van der Waals surface area contributed by atoms with Crippen molar-refractivity contribution < 1.29 is 9.18 Å². The first-order chi connectivity index (χ1) is 9.10. The number of benzene rings is 2. The molecule has 0 aliphatic rings. The van der Waals surface area contributed by atoms with Gasteiger partial charge in [0.1, 0.15) is 5.82 Å². The van der Waals surface area contributed by atoms with Gasteiger partial charge in [0, 0.05) is 5.56 Å². The van der Waals surface area contributed by atoms with Gasteiger partial charge in [-0.15, -0.1) is 0 Å². The van der Waals surface area contributed by atoms with Gasteiger partial charge in [-0.3, -0.25) is 4.79 Å². The summed E-state index contributed by atoms with van der Waals surface area (Å²) in [6.45, 7) is 4.34. The minimum Gasteiger partial charge on any atom is -0.298 e. The van der Waals surface area contributed by atoms with Crippen LogP contribution in [-0.2, 0) is 6.42 Å². The van der Waals surface area contributed by atoms with E-state index in [2.05, 4.69) is 13.8 Å². The number of hydrogen-bond acceptors (Lipinski definition) is 1. The summed E-state index contributed by atoms with van der Waals surface area (Å²) >= 11 is 0. The topological polar surface area (TPSA) is 17.1 Å². The monoisotopic (exact) mass is 256 g/mol. The van der Waals surface area contributed by atoms with Gasteiger partial charge in [-0.05, 0) is 47.2 Å². The quantitative estimate of drug-likeness (QED) is 0.736. The summed E-state index contributed by atoms with van der Waals surface area (Å²) in [4.78, 5) is 11.0. The summed E-state index contributed by atoms with van der Waals surface area (Å²) in [5, 5.41) is 0. The Morgan fingerprint density at radius 3 is 2.37 bits per heavy atom. The average molecular weight is 256 g/mol. The first-order valence-electron chi connectivity index (χ1n) is 6.44. The Morgan fingerprint density at radius 2 is 1.79 bits per heavy atom. The van der Waals surface area contributed by atoms with Gasteiger partial charge in [0.15, 0.2) is 6.29 Å². The zero-order valence-corrected chi connectivity index (χ0v) is 11.2. The number of carbonyl (C=O) groups is 1. The van der Waals surface area contributed by atoms with E-state index in [0.717, 1.165) is 18.3 Å². The van der Waals surface area contributed by atoms with Crippen LogP contribution in [0.1, 0.15) is 29.8 Å². The highest BCUT2D eigenvalue weighted by Crippen LogP contribution is 2.24. The van der Waals surface area contributed by atoms with Crippen molar-refractivity contribution >= 4 is 6.29 Å². The molecule has 0 bridgehead atoms. The van der Waals surface area contributed by atoms with Gasteiger partial charge >= 0.3 is 0 Å². The van der Waals surface area contributed by atoms with E-state index in [1.54, 1.807) is 0 Å². The van der Waals surface area contributed by atoms with Gasteiger partial charge in [0.2, 0.25) is 0 Å². The lowest BCUT2D eigenvalue weighted by Gasteiger charge is -2.08. The van der Waals surface area contributed by atoms with E-state index < -0.39 is 0 Å². The van der Waals surface area contributed by atoms with Crippen molar-refractivity contribution in [3.8, 4) is 11.1 Å². The molecule has 0 aliphatic carbocycles. The van der Waals surface area contributed by atoms with E-state index >= 15 is 0 Å². The third kappa shape index (κ3) is 3.28. The van der Waals surface area contributed by atoms with Crippen LogP contribution in [0.2, 0.25) is 0 Å². The van der Waals surface area contributed by atoms with Crippen molar-refractivity contribution in [3.05, 3.63) is 59.4 Å². The molecule has 2 aromatic rings. The van der Waals surface area contributed by atoms with Crippen molar-refractivity contribution in [1.29, 1.82) is 0 Å². The van der Waals surface area contributed by atoms with Crippen LogP contribution >= 0.6 is 0 Å². The maximum absolute atomic E-state index is 13.3. The van der Waals surface area contributed by atoms with E-state index in [-0.39, 0.29) is 5.82 Å². The molecule has 0 radical (unpaired) electrons. The molecule has 0 saturated carbocycles. The van der Waals surface area contributed by atoms with Crippen molar-refractivity contribution in [2.45, 2.75) is 20.3 Å². The standard InChI is InChI=1S/C17H17FO/c1-12(2)9-13-3-5-14(6-4-13)17-10-16(18)8-7-15(17)11-19/h3-8,10-12H,9H2,1-2H3. The molecule has 0 atom stereocenters. The number of carbonyl (C=O) groups excluding carboxylic acids is 1. The molecule has 98 valence electrons. The molecule has 0 heterocycles. The van der Waals surface area contributed by atoms with Crippen LogP contribution in [0.3, 0.4) is 0 Å². The lowest BCUT2D eigenvalue weighted by Crippen LogP contribution is -1.94. The summed E-state index contributed by atoms with van der Waals surface area (Å²) in [6, 6.07) is 12.2. The fourth-order valence-corrected chi connectivity index (χ4v) is 2.17. The van der Waals surface area contributed by atoms with E-state index in [1.165, 1.54) is 23.8 Å². The zero-order valence-electron chi connectivity index (χ0n) is 11.2. The Bertz CT molecular complexity index is 570. The minimum absolute atomic E-state index is 0.327. The predicted molar refractivity (Wildman–Crippen MR) is 75.8 cm³/mol. The Labute approximate surface area is 113 Å². The highest BCUT2D eigenvalue weighted by Gasteiger charge is 2.06. The first kappa shape index (κ1) is 13.5. The van der Waals surface area contributed by atoms with Crippen LogP contribution in [-0.4, -0.2) is 6.29 Å². The third-order valence-corrected chi connectivity index (χ3v) is 3.05. The lowest BCUT2D eigenvalue weighted by atomic mass is 9.97. The second kappa shape index (κ2) is 5.79. The van der Waals surface area contributed by atoms with Crippen LogP contribution in [0, 0.1) is 11.7 Å². The lowest BCUT2D eigenvalue weighted by molar-refractivity contribution is 0.112. The molecule has 19 heavy (non-hydrogen) atoms. The maximum atomic E-state index is 13.3. The first-order valence-corrected chi connectivity index (χ1v) is 6.44. The van der Waals surface area contributed by atoms with E-state index in [0.29, 0.717) is 17.0 Å². The van der Waals surface area contributed by atoms with Crippen LogP contribution in [0.5, 0.6) is 0 Å². The molecule has 2 aromatic carbocycles. The van der Waals surface area contributed by atoms with Crippen molar-refractivity contribution in [2.24, 2.45) is 5.92 Å². The van der Waals surface area contributed by atoms with Gasteiger partial charge in [-0.2, -0.15) is 0 Å². The molecular formula is C17H17FO. The van der Waals surface area contributed by atoms with E-state index in [9.17, 15) is 9.18 Å². The SMILES string of the molecule is CC(C)Cc1ccc(-c2cc(F)ccc2C=O)cc1. The number of aldehydes is 1. The van der Waals surface area contributed by atoms with Crippen molar-refractivity contribution in [3.63, 3.8) is 0 Å². The Morgan fingerprint density at radius 1 is 1.11 bits per heavy atom. The van der Waals surface area contributed by atoms with Gasteiger partial charge in [0.25, 0.3) is 0 Å². The molecule has 0 aromatic heterocycles. The third-order valence-electron chi connectivity index (χ3n) is 3.05. The van der Waals surface area contributed by atoms with E-state index in [1.807, 2.05) is 24.3 Å². The van der Waals surface area contributed by atoms with Gasteiger partial charge in [0.05, 0.1) is 0 Å². The molecule has 1 nitrogen and oxygen atoms in total. The van der Waals surface area contributed by atoms with Crippen LogP contribution < -0.4 is 0 Å². The fourth-order valence-electron chi connectivity index (χ4n) is 2.17. The molecule has 2 rings (SSSR count). The summed E-state index contributed by atoms with van der Waals surface area (Å²) < 4.78 is 13.3. The smallest absolute Gasteiger partial charge is 0.150 e. The fraction of sp³-hybridized carbons (Fsp3) is 0.235. The zero-order chi connectivity index (χ0) is 13.8. The van der Waals surface area contributed by atoms with Crippen LogP contribution in [0.4, 0.5) is 4.39 Å². The Hall–Kier alpha value is -1.96. The Kier molecular flexibility index (Phi) is 4.10. The summed E-state index contributed by atoms with van der Waals surface area (Å²) in [5.41, 5.74) is 3.28. The predicted octanol–water partition coefficient (Wildman–Crippen LogP) is 4.50. The number of rotatable bonds is 4. The molecule has 0 N–H and O–H groups in total. The number of hydrogen-bond donors (Lipinski definition) is 0.